The van der Waals surface area contributed by atoms with Crippen molar-refractivity contribution in [2.75, 3.05) is 39.3 Å². The number of sulfonamides is 1. The Balaban J connectivity index is 1.23. The van der Waals surface area contributed by atoms with Gasteiger partial charge in [0.05, 0.1) is 10.3 Å². The summed E-state index contributed by atoms with van der Waals surface area (Å²) in [5.41, 5.74) is 0. The van der Waals surface area contributed by atoms with E-state index >= 15 is 0 Å². The van der Waals surface area contributed by atoms with Gasteiger partial charge in [0.2, 0.25) is 11.8 Å². The standard InChI is InChI=1S/C20H28BrN5O4S2/c1-15-6-8-25(9-7-15)19(27)4-3-18-22-17(23-30-18)14-24-10-12-26(13-11-24)32(28,29)20-5-2-16(21)31-20/h2,5,15H,3-4,6-14H2,1H3. The minimum Gasteiger partial charge on any atom is -0.343 e. The predicted octanol–water partition coefficient (Wildman–Crippen LogP) is 2.59. The first kappa shape index (κ1) is 23.8. The second kappa shape index (κ2) is 10.3. The zero-order valence-corrected chi connectivity index (χ0v) is 21.3. The minimum absolute atomic E-state index is 0.145. The number of aryl methyl sites for hydroxylation is 1. The Morgan fingerprint density at radius 3 is 2.56 bits per heavy atom. The molecule has 12 heteroatoms. The number of rotatable bonds is 7. The average Bonchev–Trinajstić information content (AvgIpc) is 3.42. The highest BCUT2D eigenvalue weighted by Gasteiger charge is 2.30. The Kier molecular flexibility index (Phi) is 7.65. The topological polar surface area (TPSA) is 99.9 Å². The fourth-order valence-electron chi connectivity index (χ4n) is 3.98. The van der Waals surface area contributed by atoms with Crippen LogP contribution in [0, 0.1) is 5.92 Å². The molecule has 2 aliphatic heterocycles. The summed E-state index contributed by atoms with van der Waals surface area (Å²) in [5.74, 6) is 1.88. The Labute approximate surface area is 200 Å². The number of hydrogen-bond acceptors (Lipinski definition) is 8. The van der Waals surface area contributed by atoms with Crippen LogP contribution in [0.2, 0.25) is 0 Å². The number of carbonyl (C=O) groups excluding carboxylic acids is 1. The highest BCUT2D eigenvalue weighted by atomic mass is 79.9. The van der Waals surface area contributed by atoms with E-state index in [9.17, 15) is 13.2 Å². The monoisotopic (exact) mass is 545 g/mol. The fraction of sp³-hybridized carbons (Fsp3) is 0.650. The van der Waals surface area contributed by atoms with E-state index in [4.69, 9.17) is 4.52 Å². The lowest BCUT2D eigenvalue weighted by molar-refractivity contribution is -0.132. The average molecular weight is 547 g/mol. The van der Waals surface area contributed by atoms with E-state index in [2.05, 4.69) is 37.9 Å². The van der Waals surface area contributed by atoms with Gasteiger partial charge in [0.1, 0.15) is 4.21 Å². The maximum Gasteiger partial charge on any atom is 0.252 e. The summed E-state index contributed by atoms with van der Waals surface area (Å²) in [7, 11) is -3.45. The van der Waals surface area contributed by atoms with Gasteiger partial charge >= 0.3 is 0 Å². The summed E-state index contributed by atoms with van der Waals surface area (Å²) in [4.78, 5) is 20.9. The number of piperazine rings is 1. The molecule has 0 atom stereocenters. The number of amides is 1. The number of likely N-dealkylation sites (tertiary alicyclic amines) is 1. The van der Waals surface area contributed by atoms with Crippen LogP contribution < -0.4 is 0 Å². The van der Waals surface area contributed by atoms with Crippen LogP contribution in [0.15, 0.2) is 24.7 Å². The van der Waals surface area contributed by atoms with Crippen molar-refractivity contribution in [1.29, 1.82) is 0 Å². The molecule has 0 spiro atoms. The first-order valence-corrected chi connectivity index (χ1v) is 13.9. The molecule has 32 heavy (non-hydrogen) atoms. The summed E-state index contributed by atoms with van der Waals surface area (Å²) in [5, 5.41) is 4.04. The molecule has 176 valence electrons. The van der Waals surface area contributed by atoms with Gasteiger partial charge in [-0.25, -0.2) is 8.42 Å². The van der Waals surface area contributed by atoms with Gasteiger partial charge in [-0.1, -0.05) is 12.1 Å². The van der Waals surface area contributed by atoms with E-state index in [1.165, 1.54) is 15.6 Å². The quantitative estimate of drug-likeness (QED) is 0.527. The second-order valence-electron chi connectivity index (χ2n) is 8.41. The molecule has 0 N–H and O–H groups in total. The Morgan fingerprint density at radius 1 is 1.19 bits per heavy atom. The predicted molar refractivity (Wildman–Crippen MR) is 124 cm³/mol. The van der Waals surface area contributed by atoms with E-state index < -0.39 is 10.0 Å². The Bertz CT molecular complexity index is 1020. The molecule has 4 heterocycles. The Morgan fingerprint density at radius 2 is 1.91 bits per heavy atom. The summed E-state index contributed by atoms with van der Waals surface area (Å²) in [6, 6.07) is 3.38. The van der Waals surface area contributed by atoms with Crippen LogP contribution in [0.5, 0.6) is 0 Å². The molecule has 2 saturated heterocycles. The molecule has 2 aliphatic rings. The van der Waals surface area contributed by atoms with Crippen molar-refractivity contribution >= 4 is 43.2 Å². The number of aromatic nitrogens is 2. The van der Waals surface area contributed by atoms with Gasteiger partial charge in [-0.2, -0.15) is 9.29 Å². The number of nitrogens with zero attached hydrogens (tertiary/aromatic N) is 5. The molecule has 0 bridgehead atoms. The number of thiophene rings is 1. The maximum absolute atomic E-state index is 12.8. The molecule has 2 aromatic rings. The molecule has 2 aromatic heterocycles. The third kappa shape index (κ3) is 5.77. The highest BCUT2D eigenvalue weighted by molar-refractivity contribution is 9.11. The summed E-state index contributed by atoms with van der Waals surface area (Å²) >= 11 is 4.55. The van der Waals surface area contributed by atoms with Gasteiger partial charge in [-0.05, 0) is 46.8 Å². The number of halogens is 1. The van der Waals surface area contributed by atoms with E-state index in [0.717, 1.165) is 29.7 Å². The highest BCUT2D eigenvalue weighted by Crippen LogP contribution is 2.29. The van der Waals surface area contributed by atoms with Crippen molar-refractivity contribution in [2.45, 2.75) is 43.4 Å². The fourth-order valence-corrected chi connectivity index (χ4v) is 7.56. The largest absolute Gasteiger partial charge is 0.343 e. The molecule has 0 saturated carbocycles. The van der Waals surface area contributed by atoms with Crippen LogP contribution in [0.3, 0.4) is 0 Å². The van der Waals surface area contributed by atoms with E-state index in [-0.39, 0.29) is 5.91 Å². The minimum atomic E-state index is -3.45. The molecule has 0 radical (unpaired) electrons. The molecular weight excluding hydrogens is 518 g/mol. The summed E-state index contributed by atoms with van der Waals surface area (Å²) < 4.78 is 33.5. The van der Waals surface area contributed by atoms with Crippen molar-refractivity contribution in [3.8, 4) is 0 Å². The number of hydrogen-bond donors (Lipinski definition) is 0. The molecule has 4 rings (SSSR count). The van der Waals surface area contributed by atoms with E-state index in [1.54, 1.807) is 12.1 Å². The zero-order chi connectivity index (χ0) is 22.7. The lowest BCUT2D eigenvalue weighted by Crippen LogP contribution is -2.48. The normalized spacial score (nSPS) is 19.5. The second-order valence-corrected chi connectivity index (χ2v) is 13.0. The maximum atomic E-state index is 12.8. The number of piperidine rings is 1. The van der Waals surface area contributed by atoms with Gasteiger partial charge in [-0.15, -0.1) is 11.3 Å². The SMILES string of the molecule is CC1CCN(C(=O)CCc2nc(CN3CCN(S(=O)(=O)c4ccc(Br)s4)CC3)no2)CC1. The summed E-state index contributed by atoms with van der Waals surface area (Å²) in [6.45, 7) is 6.44. The third-order valence-electron chi connectivity index (χ3n) is 6.04. The molecule has 1 amide bonds. The van der Waals surface area contributed by atoms with Crippen LogP contribution in [-0.2, 0) is 27.8 Å². The van der Waals surface area contributed by atoms with Crippen molar-refractivity contribution in [3.05, 3.63) is 27.6 Å². The Hall–Kier alpha value is -1.34. The lowest BCUT2D eigenvalue weighted by Gasteiger charge is -2.32. The van der Waals surface area contributed by atoms with Gasteiger partial charge in [-0.3, -0.25) is 9.69 Å². The first-order chi connectivity index (χ1) is 15.3. The van der Waals surface area contributed by atoms with Crippen molar-refractivity contribution < 1.29 is 17.7 Å². The van der Waals surface area contributed by atoms with Crippen LogP contribution in [-0.4, -0.2) is 77.8 Å². The van der Waals surface area contributed by atoms with Crippen LogP contribution >= 0.6 is 27.3 Å². The summed E-state index contributed by atoms with van der Waals surface area (Å²) in [6.07, 6.45) is 2.96. The zero-order valence-electron chi connectivity index (χ0n) is 18.1. The first-order valence-electron chi connectivity index (χ1n) is 10.9. The molecule has 0 aromatic carbocycles. The molecule has 2 fully saturated rings. The van der Waals surface area contributed by atoms with Gasteiger partial charge in [0.25, 0.3) is 10.0 Å². The van der Waals surface area contributed by atoms with E-state index in [0.29, 0.717) is 67.4 Å². The number of carbonyl (C=O) groups is 1. The molecule has 9 nitrogen and oxygen atoms in total. The molecule has 0 aliphatic carbocycles. The van der Waals surface area contributed by atoms with Gasteiger partial charge in [0, 0.05) is 52.1 Å². The van der Waals surface area contributed by atoms with Crippen molar-refractivity contribution in [3.63, 3.8) is 0 Å². The molecular formula is C20H28BrN5O4S2. The third-order valence-corrected chi connectivity index (χ3v) is 10.0. The molecule has 0 unspecified atom stereocenters. The smallest absolute Gasteiger partial charge is 0.252 e. The van der Waals surface area contributed by atoms with E-state index in [1.807, 2.05) is 4.90 Å². The van der Waals surface area contributed by atoms with Crippen molar-refractivity contribution in [2.24, 2.45) is 5.92 Å². The van der Waals surface area contributed by atoms with Crippen LogP contribution in [0.4, 0.5) is 0 Å². The van der Waals surface area contributed by atoms with Crippen LogP contribution in [0.1, 0.15) is 37.9 Å². The van der Waals surface area contributed by atoms with Gasteiger partial charge in [0.15, 0.2) is 5.82 Å². The lowest BCUT2D eigenvalue weighted by atomic mass is 9.99. The van der Waals surface area contributed by atoms with Crippen molar-refractivity contribution in [1.82, 2.24) is 24.2 Å². The van der Waals surface area contributed by atoms with Crippen LogP contribution in [0.25, 0.3) is 0 Å². The van der Waals surface area contributed by atoms with Gasteiger partial charge < -0.3 is 9.42 Å².